The van der Waals surface area contributed by atoms with Crippen molar-refractivity contribution in [1.29, 1.82) is 0 Å². The Balaban J connectivity index is 1.94. The molecule has 0 aliphatic rings. The molecule has 0 radical (unpaired) electrons. The Morgan fingerprint density at radius 1 is 1.00 bits per heavy atom. The van der Waals surface area contributed by atoms with Crippen molar-refractivity contribution < 1.29 is 4.74 Å². The molecule has 106 valence electrons. The molecule has 2 heteroatoms. The highest BCUT2D eigenvalue weighted by molar-refractivity contribution is 5.56. The molecule has 2 aromatic rings. The molecule has 2 nitrogen and oxygen atoms in total. The smallest absolute Gasteiger partial charge is 0.120 e. The van der Waals surface area contributed by atoms with Crippen LogP contribution < -0.4 is 10.1 Å². The summed E-state index contributed by atoms with van der Waals surface area (Å²) in [5.74, 6) is 0.931. The van der Waals surface area contributed by atoms with Gasteiger partial charge in [-0.25, -0.2) is 0 Å². The zero-order valence-electron chi connectivity index (χ0n) is 12.7. The van der Waals surface area contributed by atoms with E-state index in [9.17, 15) is 0 Å². The summed E-state index contributed by atoms with van der Waals surface area (Å²) < 4.78 is 5.93. The molecule has 2 rings (SSSR count). The van der Waals surface area contributed by atoms with Crippen LogP contribution >= 0.6 is 0 Å². The minimum atomic E-state index is 0.121. The summed E-state index contributed by atoms with van der Waals surface area (Å²) >= 11 is 0. The van der Waals surface area contributed by atoms with Crippen molar-refractivity contribution in [2.24, 2.45) is 0 Å². The molecule has 0 bridgehead atoms. The quantitative estimate of drug-likeness (QED) is 0.863. The maximum Gasteiger partial charge on any atom is 0.120 e. The predicted molar refractivity (Wildman–Crippen MR) is 85.7 cm³/mol. The van der Waals surface area contributed by atoms with Gasteiger partial charge < -0.3 is 10.1 Å². The van der Waals surface area contributed by atoms with Crippen LogP contribution in [0.15, 0.2) is 42.5 Å². The molecule has 2 aromatic carbocycles. The van der Waals surface area contributed by atoms with Gasteiger partial charge in [-0.2, -0.15) is 0 Å². The first-order valence-corrected chi connectivity index (χ1v) is 7.09. The van der Waals surface area contributed by atoms with E-state index in [0.29, 0.717) is 0 Å². The van der Waals surface area contributed by atoms with E-state index < -0.39 is 0 Å². The van der Waals surface area contributed by atoms with Gasteiger partial charge in [0.25, 0.3) is 0 Å². The van der Waals surface area contributed by atoms with Gasteiger partial charge in [-0.05, 0) is 56.5 Å². The number of nitrogens with one attached hydrogen (secondary N) is 1. The standard InChI is InChI=1S/C18H23NO/c1-13-7-5-10-17(11-13)20-16(4)12-19-18-14(2)8-6-9-15(18)3/h5-11,16,19H,12H2,1-4H3. The molecule has 1 unspecified atom stereocenters. The van der Waals surface area contributed by atoms with Gasteiger partial charge in [0.15, 0.2) is 0 Å². The molecule has 20 heavy (non-hydrogen) atoms. The zero-order valence-corrected chi connectivity index (χ0v) is 12.7. The molecule has 0 aliphatic carbocycles. The third kappa shape index (κ3) is 3.77. The Labute approximate surface area is 121 Å². The number of hydrogen-bond acceptors (Lipinski definition) is 2. The summed E-state index contributed by atoms with van der Waals surface area (Å²) in [4.78, 5) is 0. The van der Waals surface area contributed by atoms with Crippen molar-refractivity contribution in [1.82, 2.24) is 0 Å². The van der Waals surface area contributed by atoms with Gasteiger partial charge in [-0.3, -0.25) is 0 Å². The lowest BCUT2D eigenvalue weighted by Gasteiger charge is -2.18. The lowest BCUT2D eigenvalue weighted by atomic mass is 10.1. The first-order chi connectivity index (χ1) is 9.56. The third-order valence-electron chi connectivity index (χ3n) is 3.37. The van der Waals surface area contributed by atoms with Crippen LogP contribution in [0.2, 0.25) is 0 Å². The fourth-order valence-corrected chi connectivity index (χ4v) is 2.30. The molecule has 0 heterocycles. The number of aryl methyl sites for hydroxylation is 3. The SMILES string of the molecule is Cc1cccc(OC(C)CNc2c(C)cccc2C)c1. The maximum absolute atomic E-state index is 5.93. The van der Waals surface area contributed by atoms with Gasteiger partial charge in [0.2, 0.25) is 0 Å². The van der Waals surface area contributed by atoms with Crippen LogP contribution in [0.3, 0.4) is 0 Å². The van der Waals surface area contributed by atoms with Gasteiger partial charge in [0.05, 0.1) is 6.54 Å². The fourth-order valence-electron chi connectivity index (χ4n) is 2.30. The summed E-state index contributed by atoms with van der Waals surface area (Å²) in [5.41, 5.74) is 4.98. The Bertz CT molecular complexity index is 557. The number of benzene rings is 2. The number of para-hydroxylation sites is 1. The normalized spacial score (nSPS) is 12.0. The lowest BCUT2D eigenvalue weighted by molar-refractivity contribution is 0.234. The second-order valence-electron chi connectivity index (χ2n) is 5.39. The highest BCUT2D eigenvalue weighted by atomic mass is 16.5. The fraction of sp³-hybridized carbons (Fsp3) is 0.333. The largest absolute Gasteiger partial charge is 0.489 e. The third-order valence-corrected chi connectivity index (χ3v) is 3.37. The van der Waals surface area contributed by atoms with Gasteiger partial charge in [0.1, 0.15) is 11.9 Å². The van der Waals surface area contributed by atoms with Crippen LogP contribution in [0.5, 0.6) is 5.75 Å². The first-order valence-electron chi connectivity index (χ1n) is 7.09. The molecule has 0 aromatic heterocycles. The molecule has 0 fully saturated rings. The predicted octanol–water partition coefficient (Wildman–Crippen LogP) is 4.49. The van der Waals surface area contributed by atoms with Crippen molar-refractivity contribution in [3.05, 3.63) is 59.2 Å². The first kappa shape index (κ1) is 14.4. The van der Waals surface area contributed by atoms with E-state index in [0.717, 1.165) is 12.3 Å². The molecular weight excluding hydrogens is 246 g/mol. The van der Waals surface area contributed by atoms with Crippen molar-refractivity contribution >= 4 is 5.69 Å². The van der Waals surface area contributed by atoms with Crippen LogP contribution in [0.4, 0.5) is 5.69 Å². The van der Waals surface area contributed by atoms with Gasteiger partial charge in [-0.15, -0.1) is 0 Å². The van der Waals surface area contributed by atoms with Gasteiger partial charge >= 0.3 is 0 Å². The summed E-state index contributed by atoms with van der Waals surface area (Å²) in [6.07, 6.45) is 0.121. The number of anilines is 1. The van der Waals surface area contributed by atoms with Crippen molar-refractivity contribution in [2.75, 3.05) is 11.9 Å². The van der Waals surface area contributed by atoms with Crippen molar-refractivity contribution in [2.45, 2.75) is 33.8 Å². The molecule has 0 amide bonds. The zero-order chi connectivity index (χ0) is 14.5. The Hall–Kier alpha value is -1.96. The monoisotopic (exact) mass is 269 g/mol. The Kier molecular flexibility index (Phi) is 4.67. The maximum atomic E-state index is 5.93. The second-order valence-corrected chi connectivity index (χ2v) is 5.39. The minimum absolute atomic E-state index is 0.121. The van der Waals surface area contributed by atoms with E-state index in [1.54, 1.807) is 0 Å². The summed E-state index contributed by atoms with van der Waals surface area (Å²) in [6, 6.07) is 14.5. The van der Waals surface area contributed by atoms with E-state index in [1.807, 2.05) is 12.1 Å². The summed E-state index contributed by atoms with van der Waals surface area (Å²) in [5, 5.41) is 3.49. The molecule has 0 spiro atoms. The number of hydrogen-bond donors (Lipinski definition) is 1. The average molecular weight is 269 g/mol. The van der Waals surface area contributed by atoms with Gasteiger partial charge in [0, 0.05) is 5.69 Å². The van der Waals surface area contributed by atoms with Crippen LogP contribution in [0.1, 0.15) is 23.6 Å². The van der Waals surface area contributed by atoms with E-state index in [4.69, 9.17) is 4.74 Å². The molecule has 0 saturated carbocycles. The summed E-state index contributed by atoms with van der Waals surface area (Å²) in [7, 11) is 0. The van der Waals surface area contributed by atoms with E-state index in [1.165, 1.54) is 22.4 Å². The van der Waals surface area contributed by atoms with Crippen molar-refractivity contribution in [3.8, 4) is 5.75 Å². The molecule has 0 aliphatic heterocycles. The Morgan fingerprint density at radius 2 is 1.65 bits per heavy atom. The van der Waals surface area contributed by atoms with Crippen LogP contribution in [-0.2, 0) is 0 Å². The van der Waals surface area contributed by atoms with E-state index in [2.05, 4.69) is 63.3 Å². The molecule has 0 saturated heterocycles. The lowest BCUT2D eigenvalue weighted by Crippen LogP contribution is -2.23. The highest BCUT2D eigenvalue weighted by Gasteiger charge is 2.06. The molecule has 1 atom stereocenters. The minimum Gasteiger partial charge on any atom is -0.489 e. The van der Waals surface area contributed by atoms with Gasteiger partial charge in [-0.1, -0.05) is 30.3 Å². The topological polar surface area (TPSA) is 21.3 Å². The van der Waals surface area contributed by atoms with Crippen LogP contribution in [0.25, 0.3) is 0 Å². The average Bonchev–Trinajstić information content (AvgIpc) is 2.38. The summed E-state index contributed by atoms with van der Waals surface area (Å²) in [6.45, 7) is 9.21. The molecule has 1 N–H and O–H groups in total. The number of ether oxygens (including phenoxy) is 1. The van der Waals surface area contributed by atoms with Crippen LogP contribution in [-0.4, -0.2) is 12.6 Å². The Morgan fingerprint density at radius 3 is 2.30 bits per heavy atom. The van der Waals surface area contributed by atoms with Crippen molar-refractivity contribution in [3.63, 3.8) is 0 Å². The molecular formula is C18H23NO. The van der Waals surface area contributed by atoms with E-state index >= 15 is 0 Å². The van der Waals surface area contributed by atoms with Crippen LogP contribution in [0, 0.1) is 20.8 Å². The van der Waals surface area contributed by atoms with E-state index in [-0.39, 0.29) is 6.10 Å². The highest BCUT2D eigenvalue weighted by Crippen LogP contribution is 2.20. The second kappa shape index (κ2) is 6.47. The number of rotatable bonds is 5.